The van der Waals surface area contributed by atoms with E-state index in [0.29, 0.717) is 12.4 Å². The quantitative estimate of drug-likeness (QED) is 0.590. The third-order valence-corrected chi connectivity index (χ3v) is 2.05. The average molecular weight is 206 g/mol. The molecule has 0 atom stereocenters. The summed E-state index contributed by atoms with van der Waals surface area (Å²) in [6.07, 6.45) is 0. The van der Waals surface area contributed by atoms with Crippen molar-refractivity contribution in [2.75, 3.05) is 33.0 Å². The zero-order valence-electron chi connectivity index (χ0n) is 9.36. The topological polar surface area (TPSA) is 38.5 Å². The van der Waals surface area contributed by atoms with Crippen molar-refractivity contribution in [2.45, 2.75) is 0 Å². The molecule has 82 valence electrons. The van der Waals surface area contributed by atoms with Crippen LogP contribution in [0.2, 0.25) is 0 Å². The summed E-state index contributed by atoms with van der Waals surface area (Å²) in [6, 6.07) is 7.51. The monoisotopic (exact) mass is 206 g/mol. The molecule has 1 aromatic rings. The van der Waals surface area contributed by atoms with E-state index in [1.807, 2.05) is 38.4 Å². The Balaban J connectivity index is 2.43. The van der Waals surface area contributed by atoms with Crippen LogP contribution < -0.4 is 5.73 Å². The standard InChI is InChI=1S/C12H18N2O/c1-10(15-9-8-14(2)3)11-4-6-12(13)7-5-11/h4-7H,1,8-9,13H2,2-3H3. The zero-order chi connectivity index (χ0) is 11.3. The molecule has 0 amide bonds. The van der Waals surface area contributed by atoms with Crippen LogP contribution in [0, 0.1) is 0 Å². The second kappa shape index (κ2) is 5.41. The van der Waals surface area contributed by atoms with Gasteiger partial charge in [-0.1, -0.05) is 6.58 Å². The van der Waals surface area contributed by atoms with Crippen molar-refractivity contribution in [3.63, 3.8) is 0 Å². The van der Waals surface area contributed by atoms with E-state index in [1.165, 1.54) is 0 Å². The summed E-state index contributed by atoms with van der Waals surface area (Å²) in [4.78, 5) is 2.07. The maximum absolute atomic E-state index is 5.59. The number of likely N-dealkylation sites (N-methyl/N-ethyl adjacent to an activating group) is 1. The Morgan fingerprint density at radius 2 is 1.93 bits per heavy atom. The van der Waals surface area contributed by atoms with E-state index in [4.69, 9.17) is 10.5 Å². The fraction of sp³-hybridized carbons (Fsp3) is 0.333. The van der Waals surface area contributed by atoms with Crippen molar-refractivity contribution in [2.24, 2.45) is 0 Å². The Labute approximate surface area is 91.1 Å². The summed E-state index contributed by atoms with van der Waals surface area (Å²) in [5.74, 6) is 0.692. The lowest BCUT2D eigenvalue weighted by atomic mass is 10.2. The highest BCUT2D eigenvalue weighted by Gasteiger charge is 1.99. The van der Waals surface area contributed by atoms with Crippen molar-refractivity contribution in [1.29, 1.82) is 0 Å². The van der Waals surface area contributed by atoms with E-state index in [1.54, 1.807) is 0 Å². The maximum atomic E-state index is 5.59. The summed E-state index contributed by atoms with van der Waals surface area (Å²) < 4.78 is 5.50. The second-order valence-corrected chi connectivity index (χ2v) is 3.70. The minimum absolute atomic E-state index is 0.649. The van der Waals surface area contributed by atoms with Gasteiger partial charge in [-0.25, -0.2) is 0 Å². The first kappa shape index (κ1) is 11.6. The Morgan fingerprint density at radius 3 is 2.47 bits per heavy atom. The number of hydrogen-bond acceptors (Lipinski definition) is 3. The molecule has 0 aromatic heterocycles. The largest absolute Gasteiger partial charge is 0.492 e. The van der Waals surface area contributed by atoms with Crippen molar-refractivity contribution in [1.82, 2.24) is 4.90 Å². The second-order valence-electron chi connectivity index (χ2n) is 3.70. The Morgan fingerprint density at radius 1 is 1.33 bits per heavy atom. The third kappa shape index (κ3) is 4.04. The molecule has 0 aliphatic heterocycles. The van der Waals surface area contributed by atoms with Crippen molar-refractivity contribution in [3.05, 3.63) is 36.4 Å². The first-order chi connectivity index (χ1) is 7.09. The highest BCUT2D eigenvalue weighted by atomic mass is 16.5. The lowest BCUT2D eigenvalue weighted by Crippen LogP contribution is -2.17. The van der Waals surface area contributed by atoms with Gasteiger partial charge in [0.1, 0.15) is 12.4 Å². The molecule has 0 aliphatic carbocycles. The normalized spacial score (nSPS) is 10.3. The van der Waals surface area contributed by atoms with Gasteiger partial charge in [0.25, 0.3) is 0 Å². The first-order valence-corrected chi connectivity index (χ1v) is 4.92. The molecule has 0 fully saturated rings. The number of nitrogen functional groups attached to an aromatic ring is 1. The molecule has 3 nitrogen and oxygen atoms in total. The lowest BCUT2D eigenvalue weighted by molar-refractivity contribution is 0.233. The molecule has 1 aromatic carbocycles. The van der Waals surface area contributed by atoms with Crippen LogP contribution in [0.4, 0.5) is 5.69 Å². The predicted molar refractivity (Wildman–Crippen MR) is 64.4 cm³/mol. The minimum atomic E-state index is 0.649. The highest BCUT2D eigenvalue weighted by molar-refractivity contribution is 5.59. The molecule has 0 spiro atoms. The van der Waals surface area contributed by atoms with Crippen LogP contribution in [0.5, 0.6) is 0 Å². The Bertz CT molecular complexity index is 317. The molecule has 0 aliphatic rings. The fourth-order valence-corrected chi connectivity index (χ4v) is 1.10. The molecule has 0 radical (unpaired) electrons. The van der Waals surface area contributed by atoms with Crippen LogP contribution in [-0.4, -0.2) is 32.1 Å². The average Bonchev–Trinajstić information content (AvgIpc) is 2.18. The molecule has 0 saturated carbocycles. The molecule has 2 N–H and O–H groups in total. The number of rotatable bonds is 5. The van der Waals surface area contributed by atoms with Crippen LogP contribution in [0.1, 0.15) is 5.56 Å². The third-order valence-electron chi connectivity index (χ3n) is 2.05. The predicted octanol–water partition coefficient (Wildman–Crippen LogP) is 1.82. The molecule has 0 heterocycles. The summed E-state index contributed by atoms with van der Waals surface area (Å²) in [5, 5.41) is 0. The number of anilines is 1. The molecule has 0 bridgehead atoms. The molecular formula is C12H18N2O. The zero-order valence-corrected chi connectivity index (χ0v) is 9.36. The van der Waals surface area contributed by atoms with Gasteiger partial charge in [0, 0.05) is 17.8 Å². The van der Waals surface area contributed by atoms with Crippen LogP contribution in [0.3, 0.4) is 0 Å². The van der Waals surface area contributed by atoms with E-state index in [2.05, 4.69) is 11.5 Å². The van der Waals surface area contributed by atoms with E-state index >= 15 is 0 Å². The number of nitrogens with zero attached hydrogens (tertiary/aromatic N) is 1. The van der Waals surface area contributed by atoms with E-state index < -0.39 is 0 Å². The molecular weight excluding hydrogens is 188 g/mol. The lowest BCUT2D eigenvalue weighted by Gasteiger charge is -2.12. The van der Waals surface area contributed by atoms with Gasteiger partial charge in [0.05, 0.1) is 0 Å². The fourth-order valence-electron chi connectivity index (χ4n) is 1.10. The Kier molecular flexibility index (Phi) is 4.18. The van der Waals surface area contributed by atoms with Crippen LogP contribution in [0.25, 0.3) is 5.76 Å². The van der Waals surface area contributed by atoms with Gasteiger partial charge in [-0.05, 0) is 38.4 Å². The number of ether oxygens (including phenoxy) is 1. The smallest absolute Gasteiger partial charge is 0.119 e. The van der Waals surface area contributed by atoms with Gasteiger partial charge in [-0.3, -0.25) is 0 Å². The first-order valence-electron chi connectivity index (χ1n) is 4.92. The van der Waals surface area contributed by atoms with Gasteiger partial charge < -0.3 is 15.4 Å². The summed E-state index contributed by atoms with van der Waals surface area (Å²) >= 11 is 0. The van der Waals surface area contributed by atoms with Crippen LogP contribution in [-0.2, 0) is 4.74 Å². The summed E-state index contributed by atoms with van der Waals surface area (Å²) in [7, 11) is 4.02. The van der Waals surface area contributed by atoms with E-state index in [9.17, 15) is 0 Å². The van der Waals surface area contributed by atoms with Gasteiger partial charge in [-0.15, -0.1) is 0 Å². The van der Waals surface area contributed by atoms with Gasteiger partial charge in [0.15, 0.2) is 0 Å². The van der Waals surface area contributed by atoms with Crippen molar-refractivity contribution in [3.8, 4) is 0 Å². The minimum Gasteiger partial charge on any atom is -0.492 e. The van der Waals surface area contributed by atoms with Gasteiger partial charge in [-0.2, -0.15) is 0 Å². The maximum Gasteiger partial charge on any atom is 0.119 e. The van der Waals surface area contributed by atoms with Crippen LogP contribution in [0.15, 0.2) is 30.8 Å². The molecule has 0 unspecified atom stereocenters. The SMILES string of the molecule is C=C(OCCN(C)C)c1ccc(N)cc1. The number of nitrogens with two attached hydrogens (primary N) is 1. The Hall–Kier alpha value is -1.48. The number of hydrogen-bond donors (Lipinski definition) is 1. The highest BCUT2D eigenvalue weighted by Crippen LogP contribution is 2.15. The van der Waals surface area contributed by atoms with Gasteiger partial charge in [0.2, 0.25) is 0 Å². The molecule has 1 rings (SSSR count). The summed E-state index contributed by atoms with van der Waals surface area (Å²) in [5.41, 5.74) is 7.31. The number of benzene rings is 1. The molecule has 0 saturated heterocycles. The van der Waals surface area contributed by atoms with Crippen molar-refractivity contribution >= 4 is 11.4 Å². The van der Waals surface area contributed by atoms with E-state index in [0.717, 1.165) is 17.8 Å². The van der Waals surface area contributed by atoms with Gasteiger partial charge >= 0.3 is 0 Å². The molecule has 3 heteroatoms. The molecule has 15 heavy (non-hydrogen) atoms. The summed E-state index contributed by atoms with van der Waals surface area (Å²) in [6.45, 7) is 5.40. The van der Waals surface area contributed by atoms with Crippen LogP contribution >= 0.6 is 0 Å². The van der Waals surface area contributed by atoms with Crippen molar-refractivity contribution < 1.29 is 4.74 Å². The van der Waals surface area contributed by atoms with E-state index in [-0.39, 0.29) is 0 Å².